The van der Waals surface area contributed by atoms with Gasteiger partial charge in [-0.25, -0.2) is 0 Å². The van der Waals surface area contributed by atoms with Crippen molar-refractivity contribution in [2.45, 2.75) is 89.6 Å². The monoisotopic (exact) mass is 292 g/mol. The fourth-order valence-electron chi connectivity index (χ4n) is 5.07. The maximum atomic E-state index is 3.94. The number of nitrogens with zero attached hydrogens (tertiary/aromatic N) is 1. The third-order valence-electron chi connectivity index (χ3n) is 6.85. The smallest absolute Gasteiger partial charge is 0.0334 e. The van der Waals surface area contributed by atoms with Gasteiger partial charge in [-0.3, -0.25) is 4.90 Å². The lowest BCUT2D eigenvalue weighted by molar-refractivity contribution is -0.00944. The molecule has 122 valence electrons. The van der Waals surface area contributed by atoms with Crippen molar-refractivity contribution in [2.24, 2.45) is 11.8 Å². The van der Waals surface area contributed by atoms with Crippen molar-refractivity contribution in [3.8, 4) is 0 Å². The average Bonchev–Trinajstić information content (AvgIpc) is 3.03. The van der Waals surface area contributed by atoms with Crippen LogP contribution in [0.3, 0.4) is 0 Å². The first kappa shape index (κ1) is 15.8. The molecule has 3 rings (SSSR count). The zero-order chi connectivity index (χ0) is 14.7. The largest absolute Gasteiger partial charge is 0.311 e. The molecule has 0 aromatic carbocycles. The summed E-state index contributed by atoms with van der Waals surface area (Å²) in [6.45, 7) is 8.75. The first-order chi connectivity index (χ1) is 10.2. The van der Waals surface area contributed by atoms with Crippen molar-refractivity contribution >= 4 is 0 Å². The van der Waals surface area contributed by atoms with Gasteiger partial charge in [0.25, 0.3) is 0 Å². The normalized spacial score (nSPS) is 32.6. The molecule has 2 heteroatoms. The molecular formula is C19H36N2. The number of hydrogen-bond acceptors (Lipinski definition) is 2. The Labute approximate surface area is 132 Å². The summed E-state index contributed by atoms with van der Waals surface area (Å²) in [7, 11) is 0. The first-order valence-corrected chi connectivity index (χ1v) is 9.72. The molecule has 1 N–H and O–H groups in total. The molecule has 1 saturated heterocycles. The summed E-state index contributed by atoms with van der Waals surface area (Å²) in [5.74, 6) is 1.82. The van der Waals surface area contributed by atoms with E-state index in [9.17, 15) is 0 Å². The summed E-state index contributed by atoms with van der Waals surface area (Å²) < 4.78 is 0. The standard InChI is InChI=1S/C19H36N2/c1-3-16(2)18-14-21(13-17-9-5-6-10-17)19(15-20-18)11-7-4-8-12-19/h16-18,20H,3-15H2,1-2H3. The van der Waals surface area contributed by atoms with Gasteiger partial charge < -0.3 is 5.32 Å². The maximum Gasteiger partial charge on any atom is 0.0334 e. The van der Waals surface area contributed by atoms with E-state index in [2.05, 4.69) is 24.1 Å². The van der Waals surface area contributed by atoms with Gasteiger partial charge in [0, 0.05) is 31.2 Å². The van der Waals surface area contributed by atoms with Crippen LogP contribution in [-0.4, -0.2) is 36.1 Å². The van der Waals surface area contributed by atoms with E-state index >= 15 is 0 Å². The van der Waals surface area contributed by atoms with Crippen LogP contribution in [0.1, 0.15) is 78.1 Å². The van der Waals surface area contributed by atoms with Crippen LogP contribution in [0.25, 0.3) is 0 Å². The van der Waals surface area contributed by atoms with E-state index in [1.54, 1.807) is 0 Å². The van der Waals surface area contributed by atoms with Crippen molar-refractivity contribution in [1.82, 2.24) is 10.2 Å². The van der Waals surface area contributed by atoms with Gasteiger partial charge in [0.2, 0.25) is 0 Å². The molecule has 2 unspecified atom stereocenters. The van der Waals surface area contributed by atoms with Crippen LogP contribution in [0.15, 0.2) is 0 Å². The lowest BCUT2D eigenvalue weighted by Gasteiger charge is -2.53. The zero-order valence-electron chi connectivity index (χ0n) is 14.4. The van der Waals surface area contributed by atoms with Crippen LogP contribution in [0, 0.1) is 11.8 Å². The molecule has 0 bridgehead atoms. The second-order valence-corrected chi connectivity index (χ2v) is 8.21. The summed E-state index contributed by atoms with van der Waals surface area (Å²) in [6, 6.07) is 0.726. The second-order valence-electron chi connectivity index (χ2n) is 8.21. The molecule has 2 aliphatic carbocycles. The van der Waals surface area contributed by atoms with Crippen molar-refractivity contribution in [3.63, 3.8) is 0 Å². The number of rotatable bonds is 4. The van der Waals surface area contributed by atoms with Gasteiger partial charge in [0.1, 0.15) is 0 Å². The number of hydrogen-bond donors (Lipinski definition) is 1. The lowest BCUT2D eigenvalue weighted by atomic mass is 9.77. The molecule has 1 spiro atoms. The Morgan fingerprint density at radius 2 is 1.81 bits per heavy atom. The lowest BCUT2D eigenvalue weighted by Crippen LogP contribution is -2.66. The molecule has 2 nitrogen and oxygen atoms in total. The fraction of sp³-hybridized carbons (Fsp3) is 1.00. The van der Waals surface area contributed by atoms with E-state index in [0.29, 0.717) is 5.54 Å². The van der Waals surface area contributed by atoms with E-state index in [0.717, 1.165) is 17.9 Å². The van der Waals surface area contributed by atoms with Crippen LogP contribution in [0.4, 0.5) is 0 Å². The molecule has 3 fully saturated rings. The molecule has 3 aliphatic rings. The molecule has 0 aromatic rings. The van der Waals surface area contributed by atoms with Crippen LogP contribution in [-0.2, 0) is 0 Å². The van der Waals surface area contributed by atoms with E-state index in [4.69, 9.17) is 0 Å². The Balaban J connectivity index is 1.69. The average molecular weight is 293 g/mol. The second kappa shape index (κ2) is 7.00. The maximum absolute atomic E-state index is 3.94. The topological polar surface area (TPSA) is 15.3 Å². The summed E-state index contributed by atoms with van der Waals surface area (Å²) >= 11 is 0. The van der Waals surface area contributed by atoms with Crippen LogP contribution >= 0.6 is 0 Å². The SMILES string of the molecule is CCC(C)C1CN(CC2CCCC2)C2(CCCCC2)CN1. The summed E-state index contributed by atoms with van der Waals surface area (Å²) in [4.78, 5) is 2.97. The first-order valence-electron chi connectivity index (χ1n) is 9.72. The van der Waals surface area contributed by atoms with Gasteiger partial charge >= 0.3 is 0 Å². The summed E-state index contributed by atoms with van der Waals surface area (Å²) in [5, 5.41) is 3.94. The molecule has 0 radical (unpaired) electrons. The van der Waals surface area contributed by atoms with Gasteiger partial charge in [-0.05, 0) is 37.5 Å². The Morgan fingerprint density at radius 1 is 1.10 bits per heavy atom. The van der Waals surface area contributed by atoms with Gasteiger partial charge in [-0.2, -0.15) is 0 Å². The molecule has 1 aliphatic heterocycles. The minimum absolute atomic E-state index is 0.519. The Kier molecular flexibility index (Phi) is 5.27. The molecule has 2 saturated carbocycles. The predicted molar refractivity (Wildman–Crippen MR) is 90.6 cm³/mol. The molecule has 2 atom stereocenters. The molecule has 0 aromatic heterocycles. The summed E-state index contributed by atoms with van der Waals surface area (Å²) in [5.41, 5.74) is 0.519. The fourth-order valence-corrected chi connectivity index (χ4v) is 5.07. The Hall–Kier alpha value is -0.0800. The highest BCUT2D eigenvalue weighted by atomic mass is 15.3. The minimum Gasteiger partial charge on any atom is -0.311 e. The van der Waals surface area contributed by atoms with E-state index in [1.165, 1.54) is 83.8 Å². The third-order valence-corrected chi connectivity index (χ3v) is 6.85. The molecule has 1 heterocycles. The van der Waals surface area contributed by atoms with Crippen molar-refractivity contribution < 1.29 is 0 Å². The Bertz CT molecular complexity index is 316. The predicted octanol–water partition coefficient (Wildman–Crippen LogP) is 4.20. The molecule has 0 amide bonds. The number of piperazine rings is 1. The third kappa shape index (κ3) is 3.47. The highest BCUT2D eigenvalue weighted by molar-refractivity contribution is 5.01. The summed E-state index contributed by atoms with van der Waals surface area (Å²) in [6.07, 6.45) is 14.5. The van der Waals surface area contributed by atoms with Crippen molar-refractivity contribution in [3.05, 3.63) is 0 Å². The van der Waals surface area contributed by atoms with Crippen molar-refractivity contribution in [2.75, 3.05) is 19.6 Å². The van der Waals surface area contributed by atoms with Crippen LogP contribution in [0.2, 0.25) is 0 Å². The van der Waals surface area contributed by atoms with Gasteiger partial charge in [0.15, 0.2) is 0 Å². The van der Waals surface area contributed by atoms with Crippen molar-refractivity contribution in [1.29, 1.82) is 0 Å². The Morgan fingerprint density at radius 3 is 2.48 bits per heavy atom. The van der Waals surface area contributed by atoms with Gasteiger partial charge in [-0.1, -0.05) is 52.4 Å². The number of nitrogens with one attached hydrogen (secondary N) is 1. The molecular weight excluding hydrogens is 256 g/mol. The highest BCUT2D eigenvalue weighted by Gasteiger charge is 2.43. The highest BCUT2D eigenvalue weighted by Crippen LogP contribution is 2.38. The van der Waals surface area contributed by atoms with E-state index in [-0.39, 0.29) is 0 Å². The zero-order valence-corrected chi connectivity index (χ0v) is 14.4. The van der Waals surface area contributed by atoms with E-state index in [1.807, 2.05) is 0 Å². The quantitative estimate of drug-likeness (QED) is 0.835. The van der Waals surface area contributed by atoms with Gasteiger partial charge in [0.05, 0.1) is 0 Å². The minimum atomic E-state index is 0.519. The van der Waals surface area contributed by atoms with Crippen LogP contribution in [0.5, 0.6) is 0 Å². The van der Waals surface area contributed by atoms with Gasteiger partial charge in [-0.15, -0.1) is 0 Å². The van der Waals surface area contributed by atoms with E-state index < -0.39 is 0 Å². The molecule has 21 heavy (non-hydrogen) atoms. The van der Waals surface area contributed by atoms with Crippen LogP contribution < -0.4 is 5.32 Å².